The summed E-state index contributed by atoms with van der Waals surface area (Å²) < 4.78 is 47.9. The molecule has 1 aliphatic rings. The number of carbonyl (C=O) groups is 1. The summed E-state index contributed by atoms with van der Waals surface area (Å²) >= 11 is 6.25. The summed E-state index contributed by atoms with van der Waals surface area (Å²) in [6.45, 7) is 0. The van der Waals surface area contributed by atoms with E-state index in [0.29, 0.717) is 24.0 Å². The highest BCUT2D eigenvalue weighted by Gasteiger charge is 2.49. The molecule has 0 N–H and O–H groups in total. The average Bonchev–Trinajstić information content (AvgIpc) is 3.28. The van der Waals surface area contributed by atoms with Crippen LogP contribution in [-0.2, 0) is 13.2 Å². The summed E-state index contributed by atoms with van der Waals surface area (Å²) in [5.41, 5.74) is -0.718. The topological polar surface area (TPSA) is 89.0 Å². The van der Waals surface area contributed by atoms with Crippen LogP contribution in [0.2, 0.25) is 5.02 Å². The number of halogens is 4. The smallest absolute Gasteiger partial charge is 0.425 e. The van der Waals surface area contributed by atoms with Crippen molar-refractivity contribution in [3.8, 4) is 28.9 Å². The molecule has 0 unspecified atom stereocenters. The molecule has 12 heteroatoms. The molecule has 0 spiro atoms. The van der Waals surface area contributed by atoms with Crippen molar-refractivity contribution in [1.82, 2.24) is 24.5 Å². The first kappa shape index (κ1) is 22.7. The van der Waals surface area contributed by atoms with E-state index >= 15 is 0 Å². The highest BCUT2D eigenvalue weighted by molar-refractivity contribution is 6.34. The molecule has 1 aromatic carbocycles. The number of aromatic nitrogens is 4. The predicted octanol–water partition coefficient (Wildman–Crippen LogP) is 4.08. The maximum Gasteiger partial charge on any atom is 0.425 e. The van der Waals surface area contributed by atoms with Crippen LogP contribution in [-0.4, -0.2) is 50.1 Å². The Labute approximate surface area is 191 Å². The largest absolute Gasteiger partial charge is 0.479 e. The van der Waals surface area contributed by atoms with Crippen LogP contribution in [0, 0.1) is 11.3 Å². The first-order valence-electron chi connectivity index (χ1n) is 9.75. The fourth-order valence-corrected chi connectivity index (χ4v) is 3.82. The van der Waals surface area contributed by atoms with Crippen molar-refractivity contribution in [2.24, 2.45) is 7.05 Å². The number of nitrogens with zero attached hydrogens (tertiary/aromatic N) is 6. The van der Waals surface area contributed by atoms with Gasteiger partial charge in [0, 0.05) is 25.9 Å². The number of nitriles is 1. The molecule has 0 aliphatic heterocycles. The lowest BCUT2D eigenvalue weighted by atomic mass is 10.0. The molecule has 1 saturated carbocycles. The van der Waals surface area contributed by atoms with Gasteiger partial charge in [0.25, 0.3) is 5.91 Å². The van der Waals surface area contributed by atoms with Crippen molar-refractivity contribution >= 4 is 17.5 Å². The number of amides is 1. The molecule has 2 heterocycles. The predicted molar refractivity (Wildman–Crippen MR) is 112 cm³/mol. The Morgan fingerprint density at radius 3 is 2.61 bits per heavy atom. The maximum absolute atomic E-state index is 13.7. The van der Waals surface area contributed by atoms with Crippen LogP contribution in [0.1, 0.15) is 28.8 Å². The van der Waals surface area contributed by atoms with E-state index in [-0.39, 0.29) is 16.4 Å². The zero-order chi connectivity index (χ0) is 24.1. The summed E-state index contributed by atoms with van der Waals surface area (Å²) in [5, 5.41) is 17.4. The normalized spacial score (nSPS) is 14.6. The fourth-order valence-electron chi connectivity index (χ4n) is 3.62. The standard InChI is InChI=1S/C21H18ClF3N6O2/c1-29(20(11-26)6-7-20)19(32)14-8-12(4-5-15(14)22)13-9-27-31(10-13)18-16(21(23,24)25)17(33-3)28-30(18)2/h4-5,8-10H,6-7H2,1-3H3. The van der Waals surface area contributed by atoms with Crippen LogP contribution >= 0.6 is 11.6 Å². The van der Waals surface area contributed by atoms with Gasteiger partial charge in [-0.2, -0.15) is 23.5 Å². The molecule has 1 aliphatic carbocycles. The van der Waals surface area contributed by atoms with Gasteiger partial charge >= 0.3 is 6.18 Å². The van der Waals surface area contributed by atoms with Crippen LogP contribution in [0.3, 0.4) is 0 Å². The maximum atomic E-state index is 13.7. The lowest BCUT2D eigenvalue weighted by Gasteiger charge is -2.23. The number of carbonyl (C=O) groups excluding carboxylic acids is 1. The number of alkyl halides is 3. The summed E-state index contributed by atoms with van der Waals surface area (Å²) in [6, 6.07) is 6.84. The van der Waals surface area contributed by atoms with E-state index in [4.69, 9.17) is 16.3 Å². The summed E-state index contributed by atoms with van der Waals surface area (Å²) in [6.07, 6.45) is -0.773. The van der Waals surface area contributed by atoms with Crippen LogP contribution < -0.4 is 4.74 Å². The highest BCUT2D eigenvalue weighted by Crippen LogP contribution is 2.42. The summed E-state index contributed by atoms with van der Waals surface area (Å²) in [7, 11) is 4.01. The molecule has 8 nitrogen and oxygen atoms in total. The van der Waals surface area contributed by atoms with Crippen LogP contribution in [0.5, 0.6) is 5.88 Å². The molecule has 0 radical (unpaired) electrons. The van der Waals surface area contributed by atoms with Gasteiger partial charge in [0.05, 0.1) is 30.0 Å². The minimum atomic E-state index is -4.72. The molecule has 2 aromatic heterocycles. The third-order valence-corrected chi connectivity index (χ3v) is 6.00. The lowest BCUT2D eigenvalue weighted by molar-refractivity contribution is -0.138. The van der Waals surface area contributed by atoms with E-state index in [1.54, 1.807) is 13.1 Å². The molecule has 0 bridgehead atoms. The minimum Gasteiger partial charge on any atom is -0.479 e. The second-order valence-electron chi connectivity index (χ2n) is 7.71. The Morgan fingerprint density at radius 1 is 1.33 bits per heavy atom. The number of benzene rings is 1. The van der Waals surface area contributed by atoms with Gasteiger partial charge in [0.15, 0.2) is 11.4 Å². The number of ether oxygens (including phenoxy) is 1. The Morgan fingerprint density at radius 2 is 2.03 bits per heavy atom. The van der Waals surface area contributed by atoms with Crippen LogP contribution in [0.25, 0.3) is 16.9 Å². The van der Waals surface area contributed by atoms with Gasteiger partial charge in [-0.25, -0.2) is 9.36 Å². The van der Waals surface area contributed by atoms with Crippen LogP contribution in [0.4, 0.5) is 13.2 Å². The van der Waals surface area contributed by atoms with Crippen molar-refractivity contribution in [2.45, 2.75) is 24.6 Å². The zero-order valence-electron chi connectivity index (χ0n) is 17.8. The number of hydrogen-bond donors (Lipinski definition) is 0. The Balaban J connectivity index is 1.73. The molecule has 3 aromatic rings. The third kappa shape index (κ3) is 3.80. The van der Waals surface area contributed by atoms with E-state index < -0.39 is 29.1 Å². The molecule has 0 saturated heterocycles. The lowest BCUT2D eigenvalue weighted by Crippen LogP contribution is -2.38. The van der Waals surface area contributed by atoms with E-state index in [0.717, 1.165) is 16.5 Å². The summed E-state index contributed by atoms with van der Waals surface area (Å²) in [4.78, 5) is 14.3. The average molecular weight is 479 g/mol. The number of rotatable bonds is 5. The van der Waals surface area contributed by atoms with Crippen LogP contribution in [0.15, 0.2) is 30.6 Å². The van der Waals surface area contributed by atoms with Gasteiger partial charge in [-0.05, 0) is 30.5 Å². The number of hydrogen-bond acceptors (Lipinski definition) is 5. The molecule has 0 atom stereocenters. The van der Waals surface area contributed by atoms with E-state index in [1.165, 1.54) is 36.5 Å². The second-order valence-corrected chi connectivity index (χ2v) is 8.11. The second kappa shape index (κ2) is 7.81. The number of methoxy groups -OCH3 is 1. The third-order valence-electron chi connectivity index (χ3n) is 5.67. The van der Waals surface area contributed by atoms with Gasteiger partial charge in [-0.1, -0.05) is 17.7 Å². The van der Waals surface area contributed by atoms with Gasteiger partial charge < -0.3 is 9.64 Å². The van der Waals surface area contributed by atoms with Gasteiger partial charge in [0.2, 0.25) is 5.88 Å². The van der Waals surface area contributed by atoms with Crippen molar-refractivity contribution in [3.63, 3.8) is 0 Å². The van der Waals surface area contributed by atoms with Gasteiger partial charge in [-0.3, -0.25) is 4.79 Å². The van der Waals surface area contributed by atoms with Crippen molar-refractivity contribution in [1.29, 1.82) is 5.26 Å². The molecule has 172 valence electrons. The Bertz CT molecular complexity index is 1290. The minimum absolute atomic E-state index is 0.184. The van der Waals surface area contributed by atoms with E-state index in [1.807, 2.05) is 0 Å². The molecular weight excluding hydrogens is 461 g/mol. The molecule has 1 amide bonds. The van der Waals surface area contributed by atoms with Crippen molar-refractivity contribution in [2.75, 3.05) is 14.2 Å². The van der Waals surface area contributed by atoms with Gasteiger partial charge in [-0.15, -0.1) is 5.10 Å². The molecule has 33 heavy (non-hydrogen) atoms. The first-order chi connectivity index (χ1) is 15.5. The van der Waals surface area contributed by atoms with Gasteiger partial charge in [0.1, 0.15) is 5.54 Å². The highest BCUT2D eigenvalue weighted by atomic mass is 35.5. The number of aryl methyl sites for hydroxylation is 1. The van der Waals surface area contributed by atoms with Crippen molar-refractivity contribution < 1.29 is 22.7 Å². The molecular formula is C21H18ClF3N6O2. The van der Waals surface area contributed by atoms with E-state index in [9.17, 15) is 23.2 Å². The monoisotopic (exact) mass is 478 g/mol. The summed E-state index contributed by atoms with van der Waals surface area (Å²) in [5.74, 6) is -1.30. The van der Waals surface area contributed by atoms with Crippen molar-refractivity contribution in [3.05, 3.63) is 46.7 Å². The first-order valence-corrected chi connectivity index (χ1v) is 10.1. The quantitative estimate of drug-likeness (QED) is 0.551. The zero-order valence-corrected chi connectivity index (χ0v) is 18.6. The molecule has 1 fully saturated rings. The fraction of sp³-hybridized carbons (Fsp3) is 0.333. The Kier molecular flexibility index (Phi) is 5.36. The van der Waals surface area contributed by atoms with E-state index in [2.05, 4.69) is 16.3 Å². The Hall–Kier alpha value is -3.52. The SMILES string of the molecule is COc1nn(C)c(-n2cc(-c3ccc(Cl)c(C(=O)N(C)C4(C#N)CC4)c3)cn2)c1C(F)(F)F. The molecule has 4 rings (SSSR count).